The molecule has 1 spiro atoms. The van der Waals surface area contributed by atoms with Crippen LogP contribution in [0, 0.1) is 34.0 Å². The van der Waals surface area contributed by atoms with Crippen LogP contribution >= 0.6 is 0 Å². The van der Waals surface area contributed by atoms with Crippen molar-refractivity contribution in [2.24, 2.45) is 34.0 Å². The summed E-state index contributed by atoms with van der Waals surface area (Å²) >= 11 is 0. The number of allylic oxidation sites excluding steroid dienone is 4. The zero-order valence-electron chi connectivity index (χ0n) is 18.7. The minimum atomic E-state index is -1.26. The van der Waals surface area contributed by atoms with Crippen molar-refractivity contribution in [1.29, 1.82) is 0 Å². The lowest BCUT2D eigenvalue weighted by Gasteiger charge is -2.57. The molecule has 32 heavy (non-hydrogen) atoms. The number of ether oxygens (including phenoxy) is 2. The van der Waals surface area contributed by atoms with Gasteiger partial charge in [0.15, 0.2) is 11.5 Å². The summed E-state index contributed by atoms with van der Waals surface area (Å²) in [6, 6.07) is 0. The molecular formula is C25H28O7. The topological polar surface area (TPSA) is 113 Å². The van der Waals surface area contributed by atoms with Gasteiger partial charge in [-0.2, -0.15) is 0 Å². The predicted molar refractivity (Wildman–Crippen MR) is 111 cm³/mol. The van der Waals surface area contributed by atoms with Gasteiger partial charge in [-0.1, -0.05) is 19.9 Å². The molecule has 0 aromatic heterocycles. The fourth-order valence-electron chi connectivity index (χ4n) is 8.28. The average Bonchev–Trinajstić information content (AvgIpc) is 3.23. The van der Waals surface area contributed by atoms with Crippen molar-refractivity contribution in [3.8, 4) is 0 Å². The number of carbonyl (C=O) groups excluding carboxylic acids is 3. The van der Waals surface area contributed by atoms with Crippen molar-refractivity contribution < 1.29 is 34.1 Å². The molecule has 0 unspecified atom stereocenters. The summed E-state index contributed by atoms with van der Waals surface area (Å²) in [5, 5.41) is 21.5. The quantitative estimate of drug-likeness (QED) is 0.476. The van der Waals surface area contributed by atoms with E-state index in [-0.39, 0.29) is 35.3 Å². The number of aliphatic hydroxyl groups excluding tert-OH is 2. The zero-order chi connectivity index (χ0) is 23.0. The Hall–Kier alpha value is -2.25. The summed E-state index contributed by atoms with van der Waals surface area (Å²) in [6.07, 6.45) is 5.45. The molecule has 0 radical (unpaired) electrons. The summed E-state index contributed by atoms with van der Waals surface area (Å²) in [5.41, 5.74) is -1.74. The summed E-state index contributed by atoms with van der Waals surface area (Å²) in [6.45, 7) is 7.64. The molecule has 2 N–H and O–H groups in total. The fourth-order valence-corrected chi connectivity index (χ4v) is 8.28. The Morgan fingerprint density at radius 3 is 2.50 bits per heavy atom. The Bertz CT molecular complexity index is 1100. The van der Waals surface area contributed by atoms with Crippen LogP contribution in [0.5, 0.6) is 0 Å². The number of fused-ring (bicyclic) bond motifs is 3. The number of aliphatic hydroxyl groups is 2. The molecule has 6 rings (SSSR count). The van der Waals surface area contributed by atoms with Gasteiger partial charge in [0.05, 0.1) is 17.4 Å². The standard InChI is InChI=1S/C25H28O7/c1-22(2)14(26)6-7-23(3)12-5-8-24(4)13(11-9-16(27)31-21(11)30)10-15-25(24,32-15)17(12)18(28)19(29)20(22)23/h6-7,9,12-13,15,17,21,29-30H,5,8,10H2,1-4H3/t12-,13-,15+,17+,21+,23-,24+,25-/m0/s1. The van der Waals surface area contributed by atoms with E-state index in [0.717, 1.165) is 6.42 Å². The van der Waals surface area contributed by atoms with Crippen molar-refractivity contribution in [3.05, 3.63) is 35.1 Å². The van der Waals surface area contributed by atoms with Gasteiger partial charge in [-0.25, -0.2) is 4.79 Å². The number of Topliss-reactive ketones (excluding diaryl/α,β-unsaturated/α-hetero) is 1. The van der Waals surface area contributed by atoms with E-state index in [1.807, 2.05) is 13.0 Å². The third-order valence-corrected chi connectivity index (χ3v) is 9.79. The maximum Gasteiger partial charge on any atom is 0.333 e. The van der Waals surface area contributed by atoms with E-state index < -0.39 is 40.0 Å². The van der Waals surface area contributed by atoms with Crippen LogP contribution in [0.2, 0.25) is 0 Å². The molecule has 1 saturated heterocycles. The van der Waals surface area contributed by atoms with Crippen molar-refractivity contribution in [2.75, 3.05) is 0 Å². The molecule has 4 aliphatic carbocycles. The third-order valence-electron chi connectivity index (χ3n) is 9.79. The monoisotopic (exact) mass is 440 g/mol. The van der Waals surface area contributed by atoms with Gasteiger partial charge in [0.2, 0.25) is 12.1 Å². The van der Waals surface area contributed by atoms with Crippen molar-refractivity contribution in [3.63, 3.8) is 0 Å². The smallest absolute Gasteiger partial charge is 0.333 e. The van der Waals surface area contributed by atoms with E-state index in [9.17, 15) is 24.6 Å². The molecule has 7 nitrogen and oxygen atoms in total. The first-order valence-corrected chi connectivity index (χ1v) is 11.4. The number of carbonyl (C=O) groups is 3. The fraction of sp³-hybridized carbons (Fsp3) is 0.640. The first-order valence-electron chi connectivity index (χ1n) is 11.4. The van der Waals surface area contributed by atoms with Gasteiger partial charge >= 0.3 is 5.97 Å². The summed E-state index contributed by atoms with van der Waals surface area (Å²) in [4.78, 5) is 38.2. The first-order chi connectivity index (χ1) is 14.9. The minimum absolute atomic E-state index is 0.110. The Kier molecular flexibility index (Phi) is 3.58. The van der Waals surface area contributed by atoms with Crippen LogP contribution in [-0.2, 0) is 23.9 Å². The molecule has 0 amide bonds. The van der Waals surface area contributed by atoms with Crippen molar-refractivity contribution in [1.82, 2.24) is 0 Å². The van der Waals surface area contributed by atoms with E-state index in [0.29, 0.717) is 24.0 Å². The van der Waals surface area contributed by atoms with Crippen LogP contribution < -0.4 is 0 Å². The normalized spacial score (nSPS) is 50.3. The van der Waals surface area contributed by atoms with Gasteiger partial charge in [0.25, 0.3) is 0 Å². The van der Waals surface area contributed by atoms with Gasteiger partial charge in [-0.15, -0.1) is 0 Å². The summed E-state index contributed by atoms with van der Waals surface area (Å²) in [7, 11) is 0. The highest BCUT2D eigenvalue weighted by Gasteiger charge is 2.83. The van der Waals surface area contributed by atoms with Crippen LogP contribution in [0.1, 0.15) is 47.0 Å². The highest BCUT2D eigenvalue weighted by molar-refractivity contribution is 6.05. The van der Waals surface area contributed by atoms with E-state index in [1.54, 1.807) is 19.9 Å². The van der Waals surface area contributed by atoms with E-state index in [4.69, 9.17) is 9.47 Å². The number of epoxide rings is 1. The summed E-state index contributed by atoms with van der Waals surface area (Å²) in [5.74, 6) is -2.11. The Balaban J connectivity index is 1.49. The highest BCUT2D eigenvalue weighted by Crippen LogP contribution is 2.76. The highest BCUT2D eigenvalue weighted by atomic mass is 16.6. The number of rotatable bonds is 1. The van der Waals surface area contributed by atoms with Gasteiger partial charge in [-0.3, -0.25) is 9.59 Å². The van der Waals surface area contributed by atoms with Crippen LogP contribution in [0.25, 0.3) is 0 Å². The van der Waals surface area contributed by atoms with Crippen LogP contribution in [0.15, 0.2) is 35.1 Å². The van der Waals surface area contributed by atoms with E-state index in [1.165, 1.54) is 6.08 Å². The molecule has 170 valence electrons. The van der Waals surface area contributed by atoms with Crippen molar-refractivity contribution in [2.45, 2.75) is 65.0 Å². The second-order valence-electron chi connectivity index (χ2n) is 11.4. The molecule has 0 aromatic carbocycles. The van der Waals surface area contributed by atoms with Crippen molar-refractivity contribution >= 4 is 17.5 Å². The molecular weight excluding hydrogens is 412 g/mol. The third kappa shape index (κ3) is 2.00. The molecule has 6 aliphatic rings. The number of hydrogen-bond acceptors (Lipinski definition) is 7. The average molecular weight is 440 g/mol. The number of hydrogen-bond donors (Lipinski definition) is 2. The van der Waals surface area contributed by atoms with Gasteiger partial charge < -0.3 is 19.7 Å². The van der Waals surface area contributed by atoms with E-state index in [2.05, 4.69) is 6.92 Å². The number of esters is 1. The lowest BCUT2D eigenvalue weighted by atomic mass is 9.44. The zero-order valence-corrected chi connectivity index (χ0v) is 18.7. The predicted octanol–water partition coefficient (Wildman–Crippen LogP) is 2.54. The second-order valence-corrected chi connectivity index (χ2v) is 11.4. The Morgan fingerprint density at radius 2 is 1.84 bits per heavy atom. The number of ketones is 2. The van der Waals surface area contributed by atoms with Crippen LogP contribution in [0.4, 0.5) is 0 Å². The second kappa shape index (κ2) is 5.62. The molecule has 0 aromatic rings. The maximum atomic E-state index is 13.7. The molecule has 0 bridgehead atoms. The molecule has 2 aliphatic heterocycles. The van der Waals surface area contributed by atoms with Gasteiger partial charge in [0, 0.05) is 22.5 Å². The largest absolute Gasteiger partial charge is 0.504 e. The maximum absolute atomic E-state index is 13.7. The molecule has 8 atom stereocenters. The molecule has 7 heteroatoms. The molecule has 2 heterocycles. The van der Waals surface area contributed by atoms with Crippen LogP contribution in [-0.4, -0.2) is 45.7 Å². The minimum Gasteiger partial charge on any atom is -0.504 e. The van der Waals surface area contributed by atoms with Gasteiger partial charge in [0.1, 0.15) is 5.60 Å². The summed E-state index contributed by atoms with van der Waals surface area (Å²) < 4.78 is 11.3. The Morgan fingerprint density at radius 1 is 1.12 bits per heavy atom. The molecule has 2 saturated carbocycles. The lowest BCUT2D eigenvalue weighted by molar-refractivity contribution is -0.153. The molecule has 3 fully saturated rings. The van der Waals surface area contributed by atoms with E-state index >= 15 is 0 Å². The Labute approximate surface area is 186 Å². The van der Waals surface area contributed by atoms with Crippen LogP contribution in [0.3, 0.4) is 0 Å². The number of cyclic esters (lactones) is 1. The lowest BCUT2D eigenvalue weighted by Crippen LogP contribution is -2.61. The van der Waals surface area contributed by atoms with Gasteiger partial charge in [-0.05, 0) is 56.6 Å². The first kappa shape index (κ1) is 20.4. The SMILES string of the molecule is CC1(C)C(=O)C=C[C@]2(C)C1=C(O)C(=O)[C@H]1[C@@H]2CC[C@]2(C)[C@H](C3=CC(=O)O[C@H]3O)C[C@H]3O[C@@]312.